The van der Waals surface area contributed by atoms with E-state index in [9.17, 15) is 24.5 Å². The second kappa shape index (κ2) is 8.61. The van der Waals surface area contributed by atoms with Crippen LogP contribution in [0.1, 0.15) is 34.6 Å². The van der Waals surface area contributed by atoms with Crippen LogP contribution in [-0.4, -0.2) is 54.4 Å². The largest absolute Gasteiger partial charge is 0.462 e. The van der Waals surface area contributed by atoms with Crippen LogP contribution in [0.5, 0.6) is 0 Å². The normalized spacial score (nSPS) is 9.96. The number of nitrogens with zero attached hydrogens (tertiary/aromatic N) is 2. The molecule has 24 heavy (non-hydrogen) atoms. The summed E-state index contributed by atoms with van der Waals surface area (Å²) < 4.78 is 4.82. The molecule has 0 aliphatic heterocycles. The maximum Gasteiger partial charge on any atom is 0.338 e. The van der Waals surface area contributed by atoms with Crippen LogP contribution < -0.4 is 5.32 Å². The molecule has 1 aromatic carbocycles. The van der Waals surface area contributed by atoms with Crippen molar-refractivity contribution in [3.8, 4) is 0 Å². The van der Waals surface area contributed by atoms with Crippen LogP contribution in [0.3, 0.4) is 0 Å². The van der Waals surface area contributed by atoms with Gasteiger partial charge >= 0.3 is 5.97 Å². The van der Waals surface area contributed by atoms with Gasteiger partial charge in [-0.2, -0.15) is 0 Å². The van der Waals surface area contributed by atoms with Crippen molar-refractivity contribution >= 4 is 23.5 Å². The fourth-order valence-electron chi connectivity index (χ4n) is 1.93. The molecule has 0 radical (unpaired) electrons. The summed E-state index contributed by atoms with van der Waals surface area (Å²) in [5, 5.41) is 13.4. The van der Waals surface area contributed by atoms with Crippen molar-refractivity contribution in [1.29, 1.82) is 0 Å². The van der Waals surface area contributed by atoms with Gasteiger partial charge in [-0.3, -0.25) is 19.7 Å². The highest BCUT2D eigenvalue weighted by Crippen LogP contribution is 2.19. The van der Waals surface area contributed by atoms with Crippen LogP contribution in [0.2, 0.25) is 0 Å². The number of nitrogens with one attached hydrogen (secondary N) is 1. The molecule has 0 atom stereocenters. The minimum atomic E-state index is -0.760. The quantitative estimate of drug-likeness (QED) is 0.450. The first-order valence-electron chi connectivity index (χ1n) is 7.30. The van der Waals surface area contributed by atoms with Crippen molar-refractivity contribution in [3.05, 3.63) is 39.4 Å². The minimum absolute atomic E-state index is 0.0574. The summed E-state index contributed by atoms with van der Waals surface area (Å²) in [4.78, 5) is 47.3. The summed E-state index contributed by atoms with van der Waals surface area (Å²) in [7, 11) is 1.44. The van der Waals surface area contributed by atoms with E-state index < -0.39 is 22.5 Å². The number of non-ortho nitro benzene ring substituents is 1. The van der Waals surface area contributed by atoms with Crippen LogP contribution in [0.4, 0.5) is 5.69 Å². The van der Waals surface area contributed by atoms with E-state index in [1.54, 1.807) is 13.8 Å². The SMILES string of the molecule is CCOC(=O)c1cc(C(=O)N(CC)CC(=O)NC)cc([N+](=O)[O-])c1. The molecule has 0 aliphatic carbocycles. The Morgan fingerprint density at radius 2 is 1.83 bits per heavy atom. The fraction of sp³-hybridized carbons (Fsp3) is 0.400. The molecule has 130 valence electrons. The highest BCUT2D eigenvalue weighted by atomic mass is 16.6. The summed E-state index contributed by atoms with van der Waals surface area (Å²) >= 11 is 0. The Morgan fingerprint density at radius 1 is 1.21 bits per heavy atom. The molecule has 0 fully saturated rings. The van der Waals surface area contributed by atoms with Gasteiger partial charge in [0.15, 0.2) is 0 Å². The number of hydrogen-bond donors (Lipinski definition) is 1. The zero-order valence-corrected chi connectivity index (χ0v) is 13.7. The molecular weight excluding hydrogens is 318 g/mol. The minimum Gasteiger partial charge on any atom is -0.462 e. The van der Waals surface area contributed by atoms with E-state index in [1.165, 1.54) is 18.0 Å². The van der Waals surface area contributed by atoms with Gasteiger partial charge in [-0.25, -0.2) is 4.79 Å². The van der Waals surface area contributed by atoms with Gasteiger partial charge in [0.25, 0.3) is 11.6 Å². The number of hydrogen-bond acceptors (Lipinski definition) is 6. The standard InChI is InChI=1S/C15H19N3O6/c1-4-17(9-13(19)16-3)14(20)10-6-11(15(21)24-5-2)8-12(7-10)18(22)23/h6-8H,4-5,9H2,1-3H3,(H,16,19). The van der Waals surface area contributed by atoms with Gasteiger partial charge in [0.05, 0.1) is 23.6 Å². The van der Waals surface area contributed by atoms with E-state index in [-0.39, 0.29) is 36.7 Å². The molecule has 0 unspecified atom stereocenters. The molecule has 0 saturated carbocycles. The average molecular weight is 337 g/mol. The molecule has 1 rings (SSSR count). The lowest BCUT2D eigenvalue weighted by molar-refractivity contribution is -0.384. The van der Waals surface area contributed by atoms with Gasteiger partial charge in [0.1, 0.15) is 0 Å². The molecule has 2 amide bonds. The number of nitro benzene ring substituents is 1. The third-order valence-corrected chi connectivity index (χ3v) is 3.17. The first kappa shape index (κ1) is 19.1. The second-order valence-corrected chi connectivity index (χ2v) is 4.74. The Morgan fingerprint density at radius 3 is 2.33 bits per heavy atom. The number of esters is 1. The van der Waals surface area contributed by atoms with Crippen LogP contribution in [0.25, 0.3) is 0 Å². The van der Waals surface area contributed by atoms with E-state index >= 15 is 0 Å². The first-order valence-corrected chi connectivity index (χ1v) is 7.30. The molecule has 0 spiro atoms. The van der Waals surface area contributed by atoms with E-state index in [0.29, 0.717) is 0 Å². The predicted molar refractivity (Wildman–Crippen MR) is 84.7 cm³/mol. The van der Waals surface area contributed by atoms with Crippen molar-refractivity contribution in [1.82, 2.24) is 10.2 Å². The van der Waals surface area contributed by atoms with Crippen LogP contribution in [0.15, 0.2) is 18.2 Å². The Hall–Kier alpha value is -2.97. The molecule has 9 nitrogen and oxygen atoms in total. The fourth-order valence-corrected chi connectivity index (χ4v) is 1.93. The Balaban J connectivity index is 3.24. The molecular formula is C15H19N3O6. The van der Waals surface area contributed by atoms with E-state index in [0.717, 1.165) is 12.1 Å². The molecule has 0 bridgehead atoms. The topological polar surface area (TPSA) is 119 Å². The van der Waals surface area contributed by atoms with Crippen molar-refractivity contribution in [2.45, 2.75) is 13.8 Å². The summed E-state index contributed by atoms with van der Waals surface area (Å²) in [6.45, 7) is 3.41. The summed E-state index contributed by atoms with van der Waals surface area (Å²) in [6, 6.07) is 3.33. The van der Waals surface area contributed by atoms with Gasteiger partial charge in [-0.15, -0.1) is 0 Å². The number of nitro groups is 1. The third-order valence-electron chi connectivity index (χ3n) is 3.17. The van der Waals surface area contributed by atoms with Gasteiger partial charge in [0, 0.05) is 31.3 Å². The molecule has 0 saturated heterocycles. The van der Waals surface area contributed by atoms with Crippen LogP contribution in [-0.2, 0) is 9.53 Å². The first-order chi connectivity index (χ1) is 11.3. The number of amides is 2. The lowest BCUT2D eigenvalue weighted by Gasteiger charge is -2.20. The monoisotopic (exact) mass is 337 g/mol. The predicted octanol–water partition coefficient (Wildman–Crippen LogP) is 0.980. The third kappa shape index (κ3) is 4.77. The highest BCUT2D eigenvalue weighted by Gasteiger charge is 2.22. The van der Waals surface area contributed by atoms with Gasteiger partial charge in [0.2, 0.25) is 5.91 Å². The van der Waals surface area contributed by atoms with Crippen molar-refractivity contribution in [2.75, 3.05) is 26.7 Å². The van der Waals surface area contributed by atoms with E-state index in [2.05, 4.69) is 5.32 Å². The molecule has 0 heterocycles. The van der Waals surface area contributed by atoms with Crippen LogP contribution >= 0.6 is 0 Å². The lowest BCUT2D eigenvalue weighted by atomic mass is 10.1. The zero-order chi connectivity index (χ0) is 18.3. The number of benzene rings is 1. The molecule has 0 aromatic heterocycles. The molecule has 1 N–H and O–H groups in total. The smallest absolute Gasteiger partial charge is 0.338 e. The van der Waals surface area contributed by atoms with E-state index in [1.807, 2.05) is 0 Å². The summed E-state index contributed by atoms with van der Waals surface area (Å²) in [5.74, 6) is -1.72. The number of ether oxygens (including phenoxy) is 1. The van der Waals surface area contributed by atoms with Crippen molar-refractivity contribution in [3.63, 3.8) is 0 Å². The van der Waals surface area contributed by atoms with Crippen molar-refractivity contribution in [2.24, 2.45) is 0 Å². The zero-order valence-electron chi connectivity index (χ0n) is 13.7. The highest BCUT2D eigenvalue weighted by molar-refractivity contribution is 6.00. The molecule has 9 heteroatoms. The average Bonchev–Trinajstić information content (AvgIpc) is 2.58. The number of rotatable bonds is 7. The van der Waals surface area contributed by atoms with Gasteiger partial charge < -0.3 is 15.0 Å². The Labute approximate surface area is 138 Å². The number of carbonyl (C=O) groups is 3. The van der Waals surface area contributed by atoms with Crippen LogP contribution in [0, 0.1) is 10.1 Å². The Bertz CT molecular complexity index is 659. The maximum absolute atomic E-state index is 12.5. The summed E-state index contributed by atoms with van der Waals surface area (Å²) in [5.41, 5.74) is -0.552. The van der Waals surface area contributed by atoms with E-state index in [4.69, 9.17) is 4.74 Å². The lowest BCUT2D eigenvalue weighted by Crippen LogP contribution is -2.39. The van der Waals surface area contributed by atoms with Gasteiger partial charge in [-0.05, 0) is 19.9 Å². The number of carbonyl (C=O) groups excluding carboxylic acids is 3. The maximum atomic E-state index is 12.5. The molecule has 1 aromatic rings. The number of likely N-dealkylation sites (N-methyl/N-ethyl adjacent to an activating group) is 2. The van der Waals surface area contributed by atoms with Gasteiger partial charge in [-0.1, -0.05) is 0 Å². The second-order valence-electron chi connectivity index (χ2n) is 4.74. The summed E-state index contributed by atoms with van der Waals surface area (Å²) in [6.07, 6.45) is 0. The molecule has 0 aliphatic rings. The Kier molecular flexibility index (Phi) is 6.84. The van der Waals surface area contributed by atoms with Crippen molar-refractivity contribution < 1.29 is 24.0 Å².